The number of rotatable bonds is 7. The van der Waals surface area contributed by atoms with E-state index in [2.05, 4.69) is 22.3 Å². The van der Waals surface area contributed by atoms with E-state index in [9.17, 15) is 4.79 Å². The molecule has 0 radical (unpaired) electrons. The third kappa shape index (κ3) is 4.58. The molecule has 0 spiro atoms. The number of hydrogen-bond acceptors (Lipinski definition) is 5. The largest absolute Gasteiger partial charge is 0.513 e. The Balaban J connectivity index is 2.53. The highest BCUT2D eigenvalue weighted by Gasteiger charge is 1.97. The fraction of sp³-hybridized carbons (Fsp3) is 0.455. The lowest BCUT2D eigenvalue weighted by atomic mass is 10.2. The molecule has 6 heteroatoms. The molecule has 1 N–H and O–H groups in total. The summed E-state index contributed by atoms with van der Waals surface area (Å²) in [6, 6.07) is 0. The third-order valence-electron chi connectivity index (χ3n) is 2.14. The van der Waals surface area contributed by atoms with Crippen LogP contribution >= 0.6 is 0 Å². The standard InChI is InChI=1S/C11H16N4O2/c1-2-3-4-5-15-7-10(6-12-15)13-14-11(8-16)9-17/h6-9,16H,2-5H2,1H3/b11-8+,14-13?. The molecule has 0 amide bonds. The summed E-state index contributed by atoms with van der Waals surface area (Å²) >= 11 is 0. The van der Waals surface area contributed by atoms with Crippen LogP contribution in [0.5, 0.6) is 0 Å². The Hall–Kier alpha value is -1.98. The van der Waals surface area contributed by atoms with Gasteiger partial charge in [0, 0.05) is 6.54 Å². The smallest absolute Gasteiger partial charge is 0.173 e. The van der Waals surface area contributed by atoms with Gasteiger partial charge in [-0.05, 0) is 6.42 Å². The Kier molecular flexibility index (Phi) is 5.63. The van der Waals surface area contributed by atoms with Crippen LogP contribution in [-0.4, -0.2) is 21.2 Å². The van der Waals surface area contributed by atoms with E-state index in [4.69, 9.17) is 5.11 Å². The maximum Gasteiger partial charge on any atom is 0.173 e. The second-order valence-corrected chi connectivity index (χ2v) is 3.54. The zero-order chi connectivity index (χ0) is 12.5. The first kappa shape index (κ1) is 13.1. The number of unbranched alkanes of at least 4 members (excludes halogenated alkanes) is 2. The molecule has 0 aliphatic carbocycles. The highest BCUT2D eigenvalue weighted by Crippen LogP contribution is 2.12. The number of carbonyl (C=O) groups is 1. The minimum Gasteiger partial charge on any atom is -0.513 e. The van der Waals surface area contributed by atoms with E-state index in [-0.39, 0.29) is 5.70 Å². The summed E-state index contributed by atoms with van der Waals surface area (Å²) in [5.41, 5.74) is 0.437. The van der Waals surface area contributed by atoms with E-state index in [1.807, 2.05) is 0 Å². The maximum absolute atomic E-state index is 10.3. The van der Waals surface area contributed by atoms with Crippen molar-refractivity contribution in [2.75, 3.05) is 0 Å². The van der Waals surface area contributed by atoms with Gasteiger partial charge in [0.25, 0.3) is 0 Å². The van der Waals surface area contributed by atoms with E-state index in [1.165, 1.54) is 6.42 Å². The summed E-state index contributed by atoms with van der Waals surface area (Å²) in [5, 5.41) is 20.0. The number of aliphatic hydroxyl groups is 1. The van der Waals surface area contributed by atoms with Gasteiger partial charge in [-0.15, -0.1) is 10.2 Å². The normalized spacial score (nSPS) is 12.2. The van der Waals surface area contributed by atoms with Gasteiger partial charge in [0.05, 0.1) is 12.4 Å². The van der Waals surface area contributed by atoms with Crippen molar-refractivity contribution in [2.24, 2.45) is 10.2 Å². The van der Waals surface area contributed by atoms with Gasteiger partial charge in [0.1, 0.15) is 11.9 Å². The highest BCUT2D eigenvalue weighted by molar-refractivity contribution is 5.71. The molecule has 0 saturated heterocycles. The lowest BCUT2D eigenvalue weighted by Crippen LogP contribution is -1.97. The summed E-state index contributed by atoms with van der Waals surface area (Å²) in [6.07, 6.45) is 7.76. The molecule has 0 atom stereocenters. The number of aromatic nitrogens is 2. The van der Waals surface area contributed by atoms with Crippen LogP contribution in [0, 0.1) is 0 Å². The molecular formula is C11H16N4O2. The van der Waals surface area contributed by atoms with Gasteiger partial charge in [-0.2, -0.15) is 5.10 Å². The van der Waals surface area contributed by atoms with Crippen LogP contribution in [0.3, 0.4) is 0 Å². The first-order valence-electron chi connectivity index (χ1n) is 5.54. The predicted molar refractivity (Wildman–Crippen MR) is 63.0 cm³/mol. The number of aldehydes is 1. The van der Waals surface area contributed by atoms with Crippen molar-refractivity contribution in [3.05, 3.63) is 24.4 Å². The molecule has 0 aliphatic rings. The van der Waals surface area contributed by atoms with Crippen molar-refractivity contribution in [3.8, 4) is 0 Å². The molecule has 92 valence electrons. The molecule has 1 rings (SSSR count). The van der Waals surface area contributed by atoms with Gasteiger partial charge in [0.15, 0.2) is 12.0 Å². The highest BCUT2D eigenvalue weighted by atomic mass is 16.2. The molecular weight excluding hydrogens is 220 g/mol. The molecule has 0 bridgehead atoms. The van der Waals surface area contributed by atoms with Crippen LogP contribution < -0.4 is 0 Å². The molecule has 1 aromatic heterocycles. The minimum atomic E-state index is -0.122. The van der Waals surface area contributed by atoms with Crippen LogP contribution in [-0.2, 0) is 11.3 Å². The second-order valence-electron chi connectivity index (χ2n) is 3.54. The molecule has 0 unspecified atom stereocenters. The first-order chi connectivity index (χ1) is 8.30. The lowest BCUT2D eigenvalue weighted by molar-refractivity contribution is -0.105. The van der Waals surface area contributed by atoms with E-state index < -0.39 is 0 Å². The topological polar surface area (TPSA) is 79.8 Å². The molecule has 17 heavy (non-hydrogen) atoms. The summed E-state index contributed by atoms with van der Waals surface area (Å²) in [6.45, 7) is 2.99. The van der Waals surface area contributed by atoms with Crippen LogP contribution in [0.4, 0.5) is 5.69 Å². The number of hydrogen-bond donors (Lipinski definition) is 1. The van der Waals surface area contributed by atoms with Crippen LogP contribution in [0.1, 0.15) is 26.2 Å². The molecule has 0 saturated carbocycles. The zero-order valence-corrected chi connectivity index (χ0v) is 9.78. The Morgan fingerprint density at radius 3 is 3.06 bits per heavy atom. The number of aryl methyl sites for hydroxylation is 1. The van der Waals surface area contributed by atoms with Gasteiger partial charge in [0.2, 0.25) is 0 Å². The lowest BCUT2D eigenvalue weighted by Gasteiger charge is -1.98. The van der Waals surface area contributed by atoms with Crippen LogP contribution in [0.2, 0.25) is 0 Å². The number of aliphatic hydroxyl groups excluding tert-OH is 1. The van der Waals surface area contributed by atoms with Crippen molar-refractivity contribution in [1.29, 1.82) is 0 Å². The Bertz CT molecular complexity index is 409. The number of azo groups is 1. The summed E-state index contributed by atoms with van der Waals surface area (Å²) < 4.78 is 1.78. The molecule has 6 nitrogen and oxygen atoms in total. The van der Waals surface area contributed by atoms with Gasteiger partial charge in [-0.1, -0.05) is 19.8 Å². The van der Waals surface area contributed by atoms with Crippen molar-refractivity contribution in [2.45, 2.75) is 32.7 Å². The van der Waals surface area contributed by atoms with Gasteiger partial charge >= 0.3 is 0 Å². The molecule has 0 fully saturated rings. The molecule has 1 aromatic rings. The second kappa shape index (κ2) is 7.32. The van der Waals surface area contributed by atoms with Gasteiger partial charge in [-0.25, -0.2) is 0 Å². The molecule has 0 aliphatic heterocycles. The maximum atomic E-state index is 10.3. The number of allylic oxidation sites excluding steroid dienone is 1. The monoisotopic (exact) mass is 236 g/mol. The third-order valence-corrected chi connectivity index (χ3v) is 2.14. The van der Waals surface area contributed by atoms with Crippen molar-refractivity contribution in [1.82, 2.24) is 9.78 Å². The van der Waals surface area contributed by atoms with Gasteiger partial charge < -0.3 is 5.11 Å². The van der Waals surface area contributed by atoms with E-state index in [1.54, 1.807) is 17.1 Å². The summed E-state index contributed by atoms with van der Waals surface area (Å²) in [4.78, 5) is 10.3. The average Bonchev–Trinajstić information content (AvgIpc) is 2.79. The fourth-order valence-electron chi connectivity index (χ4n) is 1.25. The quantitative estimate of drug-likeness (QED) is 0.260. The molecule has 0 aromatic carbocycles. The first-order valence-corrected chi connectivity index (χ1v) is 5.54. The Morgan fingerprint density at radius 2 is 2.41 bits per heavy atom. The van der Waals surface area contributed by atoms with E-state index in [0.29, 0.717) is 18.2 Å². The fourth-order valence-corrected chi connectivity index (χ4v) is 1.25. The average molecular weight is 236 g/mol. The van der Waals surface area contributed by atoms with Gasteiger partial charge in [-0.3, -0.25) is 9.48 Å². The number of nitrogens with zero attached hydrogens (tertiary/aromatic N) is 4. The summed E-state index contributed by atoms with van der Waals surface area (Å²) in [5.74, 6) is 0. The van der Waals surface area contributed by atoms with E-state index in [0.717, 1.165) is 19.4 Å². The summed E-state index contributed by atoms with van der Waals surface area (Å²) in [7, 11) is 0. The predicted octanol–water partition coefficient (Wildman–Crippen LogP) is 2.76. The SMILES string of the molecule is CCCCCn1cc(N=N/C(C=O)=C/O)cn1. The van der Waals surface area contributed by atoms with Crippen LogP contribution in [0.25, 0.3) is 0 Å². The minimum absolute atomic E-state index is 0.122. The Morgan fingerprint density at radius 1 is 1.59 bits per heavy atom. The van der Waals surface area contributed by atoms with Crippen molar-refractivity contribution >= 4 is 12.0 Å². The number of carbonyl (C=O) groups excluding carboxylic acids is 1. The Labute approximate surface area is 99.7 Å². The van der Waals surface area contributed by atoms with E-state index >= 15 is 0 Å². The van der Waals surface area contributed by atoms with Crippen LogP contribution in [0.15, 0.2) is 34.6 Å². The van der Waals surface area contributed by atoms with Crippen molar-refractivity contribution in [3.63, 3.8) is 0 Å². The zero-order valence-electron chi connectivity index (χ0n) is 9.78. The molecule has 1 heterocycles. The van der Waals surface area contributed by atoms with Crippen molar-refractivity contribution < 1.29 is 9.90 Å².